The van der Waals surface area contributed by atoms with Gasteiger partial charge in [-0.3, -0.25) is 14.5 Å². The lowest BCUT2D eigenvalue weighted by molar-refractivity contribution is -0.117. The van der Waals surface area contributed by atoms with Crippen molar-refractivity contribution in [3.05, 3.63) is 100 Å². The lowest BCUT2D eigenvalue weighted by atomic mass is 9.94. The Labute approximate surface area is 164 Å². The highest BCUT2D eigenvalue weighted by molar-refractivity contribution is 6.31. The van der Waals surface area contributed by atoms with Gasteiger partial charge in [0.1, 0.15) is 5.82 Å². The smallest absolute Gasteiger partial charge is 0.294 e. The number of furan rings is 1. The van der Waals surface area contributed by atoms with Gasteiger partial charge >= 0.3 is 0 Å². The Hall–Kier alpha value is -3.38. The van der Waals surface area contributed by atoms with E-state index in [0.29, 0.717) is 10.7 Å². The number of nitrogens with zero attached hydrogens (tertiary/aromatic N) is 1. The van der Waals surface area contributed by atoms with Crippen molar-refractivity contribution in [2.45, 2.75) is 6.04 Å². The van der Waals surface area contributed by atoms with Crippen LogP contribution in [0.5, 0.6) is 0 Å². The molecule has 7 heteroatoms. The van der Waals surface area contributed by atoms with Gasteiger partial charge in [0.2, 0.25) is 5.78 Å². The maximum absolute atomic E-state index is 14.6. The lowest BCUT2D eigenvalue weighted by Crippen LogP contribution is -2.31. The summed E-state index contributed by atoms with van der Waals surface area (Å²) in [7, 11) is 0. The number of benzene rings is 2. The molecule has 1 aromatic heterocycles. The molecular weight excluding hydrogens is 385 g/mol. The number of anilines is 1. The van der Waals surface area contributed by atoms with E-state index >= 15 is 0 Å². The van der Waals surface area contributed by atoms with E-state index in [9.17, 15) is 19.1 Å². The van der Waals surface area contributed by atoms with Crippen LogP contribution < -0.4 is 4.90 Å². The molecule has 1 unspecified atom stereocenters. The molecule has 3 aromatic rings. The van der Waals surface area contributed by atoms with Gasteiger partial charge in [-0.25, -0.2) is 4.39 Å². The van der Waals surface area contributed by atoms with Crippen molar-refractivity contribution >= 4 is 29.0 Å². The number of hydrogen-bond donors (Lipinski definition) is 1. The molecular formula is C21H13ClFNO4. The van der Waals surface area contributed by atoms with Crippen LogP contribution in [0.15, 0.2) is 82.7 Å². The summed E-state index contributed by atoms with van der Waals surface area (Å²) in [6.07, 6.45) is 1.30. The Balaban J connectivity index is 1.92. The van der Waals surface area contributed by atoms with E-state index in [0.717, 1.165) is 4.90 Å². The molecule has 140 valence electrons. The van der Waals surface area contributed by atoms with Gasteiger partial charge in [-0.05, 0) is 36.4 Å². The average Bonchev–Trinajstić information content (AvgIpc) is 3.30. The molecule has 5 nitrogen and oxygen atoms in total. The zero-order valence-corrected chi connectivity index (χ0v) is 15.1. The largest absolute Gasteiger partial charge is 0.503 e. The van der Waals surface area contributed by atoms with Crippen molar-refractivity contribution < 1.29 is 23.5 Å². The molecule has 0 fully saturated rings. The number of rotatable bonds is 4. The first-order valence-corrected chi connectivity index (χ1v) is 8.71. The molecule has 4 rings (SSSR count). The standard InChI is InChI=1S/C21H13ClFNO4/c22-12-5-3-6-13(11-12)24-18(14-7-1-2-8-15(14)23)17(20(26)21(24)27)19(25)16-9-4-10-28-16/h1-11,18,26H. The molecule has 1 aliphatic heterocycles. The highest BCUT2D eigenvalue weighted by Crippen LogP contribution is 2.43. The average molecular weight is 398 g/mol. The molecule has 1 amide bonds. The Morgan fingerprint density at radius 3 is 2.57 bits per heavy atom. The van der Waals surface area contributed by atoms with Crippen LogP contribution in [0.1, 0.15) is 22.2 Å². The molecule has 0 spiro atoms. The second kappa shape index (κ2) is 6.98. The van der Waals surface area contributed by atoms with Crippen molar-refractivity contribution in [1.29, 1.82) is 0 Å². The van der Waals surface area contributed by atoms with Crippen LogP contribution in [0.3, 0.4) is 0 Å². The zero-order chi connectivity index (χ0) is 19.8. The minimum absolute atomic E-state index is 0.0646. The summed E-state index contributed by atoms with van der Waals surface area (Å²) in [5.41, 5.74) is 0.124. The number of halogens is 2. The van der Waals surface area contributed by atoms with Gasteiger partial charge in [-0.2, -0.15) is 0 Å². The Kier molecular flexibility index (Phi) is 4.49. The maximum Gasteiger partial charge on any atom is 0.294 e. The fraction of sp³-hybridized carbons (Fsp3) is 0.0476. The van der Waals surface area contributed by atoms with Crippen molar-refractivity contribution in [2.24, 2.45) is 0 Å². The first-order chi connectivity index (χ1) is 13.5. The predicted molar refractivity (Wildman–Crippen MR) is 101 cm³/mol. The lowest BCUT2D eigenvalue weighted by Gasteiger charge is -2.27. The van der Waals surface area contributed by atoms with Gasteiger partial charge in [-0.15, -0.1) is 0 Å². The SMILES string of the molecule is O=C(C1=C(O)C(=O)N(c2cccc(Cl)c2)C1c1ccccc1F)c1ccco1. The quantitative estimate of drug-likeness (QED) is 0.638. The minimum Gasteiger partial charge on any atom is -0.503 e. The highest BCUT2D eigenvalue weighted by Gasteiger charge is 2.46. The van der Waals surface area contributed by atoms with Crippen molar-refractivity contribution in [1.82, 2.24) is 0 Å². The van der Waals surface area contributed by atoms with Gasteiger partial charge in [0.25, 0.3) is 5.91 Å². The number of Topliss-reactive ketones (excluding diaryl/α,β-unsaturated/α-hetero) is 1. The Morgan fingerprint density at radius 1 is 1.11 bits per heavy atom. The Bertz CT molecular complexity index is 1110. The van der Waals surface area contributed by atoms with Crippen molar-refractivity contribution in [2.75, 3.05) is 4.90 Å². The summed E-state index contributed by atoms with van der Waals surface area (Å²) in [4.78, 5) is 27.0. The van der Waals surface area contributed by atoms with Crippen molar-refractivity contribution in [3.8, 4) is 0 Å². The summed E-state index contributed by atoms with van der Waals surface area (Å²) in [5, 5.41) is 10.9. The van der Waals surface area contributed by atoms with Crippen LogP contribution in [-0.4, -0.2) is 16.8 Å². The predicted octanol–water partition coefficient (Wildman–Crippen LogP) is 4.86. The molecule has 2 heterocycles. The first kappa shape index (κ1) is 18.0. The molecule has 0 radical (unpaired) electrons. The molecule has 0 bridgehead atoms. The number of hydrogen-bond acceptors (Lipinski definition) is 4. The van der Waals surface area contributed by atoms with Gasteiger partial charge in [0.05, 0.1) is 17.9 Å². The molecule has 28 heavy (non-hydrogen) atoms. The van der Waals surface area contributed by atoms with Gasteiger partial charge < -0.3 is 9.52 Å². The van der Waals surface area contributed by atoms with Gasteiger partial charge in [-0.1, -0.05) is 35.9 Å². The van der Waals surface area contributed by atoms with E-state index in [1.165, 1.54) is 42.7 Å². The maximum atomic E-state index is 14.6. The number of carbonyl (C=O) groups excluding carboxylic acids is 2. The molecule has 1 aliphatic rings. The summed E-state index contributed by atoms with van der Waals surface area (Å²) in [6, 6.07) is 13.8. The zero-order valence-electron chi connectivity index (χ0n) is 14.3. The first-order valence-electron chi connectivity index (χ1n) is 8.34. The molecule has 1 atom stereocenters. The third-order valence-corrected chi connectivity index (χ3v) is 4.72. The molecule has 0 saturated carbocycles. The molecule has 0 aliphatic carbocycles. The van der Waals surface area contributed by atoms with Crippen LogP contribution in [0.4, 0.5) is 10.1 Å². The fourth-order valence-electron chi connectivity index (χ4n) is 3.26. The van der Waals surface area contributed by atoms with Crippen LogP contribution in [0, 0.1) is 5.82 Å². The molecule has 1 N–H and O–H groups in total. The van der Waals surface area contributed by atoms with E-state index in [1.54, 1.807) is 24.3 Å². The summed E-state index contributed by atoms with van der Waals surface area (Å²) in [6.45, 7) is 0. The highest BCUT2D eigenvalue weighted by atomic mass is 35.5. The number of amides is 1. The second-order valence-corrected chi connectivity index (χ2v) is 6.58. The summed E-state index contributed by atoms with van der Waals surface area (Å²) in [5.74, 6) is -2.97. The van der Waals surface area contributed by atoms with E-state index in [4.69, 9.17) is 16.0 Å². The van der Waals surface area contributed by atoms with Crippen LogP contribution >= 0.6 is 11.6 Å². The summed E-state index contributed by atoms with van der Waals surface area (Å²) < 4.78 is 19.8. The normalized spacial score (nSPS) is 16.7. The third-order valence-electron chi connectivity index (χ3n) is 4.48. The van der Waals surface area contributed by atoms with Crippen LogP contribution in [0.25, 0.3) is 0 Å². The number of aliphatic hydroxyl groups excluding tert-OH is 1. The van der Waals surface area contributed by atoms with E-state index < -0.39 is 29.3 Å². The topological polar surface area (TPSA) is 70.8 Å². The van der Waals surface area contributed by atoms with E-state index in [1.807, 2.05) is 0 Å². The number of ketones is 1. The van der Waals surface area contributed by atoms with Crippen LogP contribution in [-0.2, 0) is 4.79 Å². The van der Waals surface area contributed by atoms with E-state index in [-0.39, 0.29) is 16.9 Å². The van der Waals surface area contributed by atoms with Gasteiger partial charge in [0.15, 0.2) is 11.5 Å². The minimum atomic E-state index is -1.18. The third kappa shape index (κ3) is 2.88. The molecule has 2 aromatic carbocycles. The molecule has 0 saturated heterocycles. The van der Waals surface area contributed by atoms with Gasteiger partial charge in [0, 0.05) is 16.3 Å². The monoisotopic (exact) mass is 397 g/mol. The second-order valence-electron chi connectivity index (χ2n) is 6.15. The van der Waals surface area contributed by atoms with Crippen LogP contribution in [0.2, 0.25) is 5.02 Å². The Morgan fingerprint density at radius 2 is 1.89 bits per heavy atom. The fourth-order valence-corrected chi connectivity index (χ4v) is 3.45. The number of aliphatic hydroxyl groups is 1. The number of carbonyl (C=O) groups is 2. The summed E-state index contributed by atoms with van der Waals surface area (Å²) >= 11 is 6.04. The van der Waals surface area contributed by atoms with E-state index in [2.05, 4.69) is 0 Å². The van der Waals surface area contributed by atoms with Crippen molar-refractivity contribution in [3.63, 3.8) is 0 Å².